The van der Waals surface area contributed by atoms with Crippen LogP contribution in [0.5, 0.6) is 11.5 Å². The number of fused-ring (bicyclic) bond motifs is 1. The molecule has 1 aliphatic rings. The lowest BCUT2D eigenvalue weighted by Crippen LogP contribution is -2.36. The van der Waals surface area contributed by atoms with Gasteiger partial charge in [-0.3, -0.25) is 14.2 Å². The molecule has 3 heterocycles. The lowest BCUT2D eigenvalue weighted by Gasteiger charge is -2.11. The summed E-state index contributed by atoms with van der Waals surface area (Å²) in [6, 6.07) is 5.18. The van der Waals surface area contributed by atoms with Gasteiger partial charge in [-0.25, -0.2) is 4.98 Å². The topological polar surface area (TPSA) is 122 Å². The Hall–Kier alpha value is -3.47. The molecular formula is C19H22N6O5. The maximum absolute atomic E-state index is 12.8. The Balaban J connectivity index is 1.56. The number of methoxy groups -OCH3 is 2. The number of carbonyl (C=O) groups excluding carboxylic acids is 1. The van der Waals surface area contributed by atoms with Crippen molar-refractivity contribution in [3.05, 3.63) is 34.9 Å². The number of rotatable bonds is 7. The molecule has 1 fully saturated rings. The number of benzene rings is 1. The van der Waals surface area contributed by atoms with Crippen molar-refractivity contribution in [2.45, 2.75) is 25.5 Å². The minimum atomic E-state index is -0.445. The van der Waals surface area contributed by atoms with E-state index in [-0.39, 0.29) is 29.7 Å². The third-order valence-corrected chi connectivity index (χ3v) is 4.91. The zero-order valence-corrected chi connectivity index (χ0v) is 16.7. The van der Waals surface area contributed by atoms with Crippen LogP contribution in [0.1, 0.15) is 12.8 Å². The van der Waals surface area contributed by atoms with E-state index in [1.807, 2.05) is 0 Å². The second-order valence-electron chi connectivity index (χ2n) is 6.83. The third kappa shape index (κ3) is 3.83. The number of carbonyl (C=O) groups is 1. The van der Waals surface area contributed by atoms with Crippen LogP contribution in [0.2, 0.25) is 0 Å². The van der Waals surface area contributed by atoms with E-state index in [1.165, 1.54) is 22.7 Å². The van der Waals surface area contributed by atoms with Crippen molar-refractivity contribution < 1.29 is 19.0 Å². The van der Waals surface area contributed by atoms with E-state index in [9.17, 15) is 9.59 Å². The molecule has 0 bridgehead atoms. The molecule has 1 aromatic carbocycles. The third-order valence-electron chi connectivity index (χ3n) is 4.91. The number of nitrogens with zero attached hydrogens (tertiary/aromatic N) is 5. The molecule has 0 saturated carbocycles. The summed E-state index contributed by atoms with van der Waals surface area (Å²) in [6.45, 7) is 0.993. The molecule has 1 saturated heterocycles. The summed E-state index contributed by atoms with van der Waals surface area (Å²) in [4.78, 5) is 29.2. The van der Waals surface area contributed by atoms with Gasteiger partial charge in [0.05, 0.1) is 26.0 Å². The number of amides is 1. The first-order valence-electron chi connectivity index (χ1n) is 9.52. The number of nitrogens with one attached hydrogen (secondary N) is 1. The van der Waals surface area contributed by atoms with Crippen molar-refractivity contribution in [3.63, 3.8) is 0 Å². The first-order chi connectivity index (χ1) is 14.6. The van der Waals surface area contributed by atoms with Crippen molar-refractivity contribution in [1.82, 2.24) is 29.9 Å². The van der Waals surface area contributed by atoms with Gasteiger partial charge in [0.25, 0.3) is 5.56 Å². The SMILES string of the molecule is COc1ccc(-n2nnc3c(=O)n(CC(=O)NC[C@@H]4CCCO4)cnc32)cc1OC. The highest BCUT2D eigenvalue weighted by Gasteiger charge is 2.18. The van der Waals surface area contributed by atoms with Crippen LogP contribution < -0.4 is 20.3 Å². The van der Waals surface area contributed by atoms with E-state index in [0.29, 0.717) is 23.7 Å². The number of hydrogen-bond donors (Lipinski definition) is 1. The average molecular weight is 414 g/mol. The zero-order chi connectivity index (χ0) is 21.1. The Labute approximate surface area is 171 Å². The molecule has 0 radical (unpaired) electrons. The van der Waals surface area contributed by atoms with Crippen molar-refractivity contribution in [2.24, 2.45) is 0 Å². The van der Waals surface area contributed by atoms with Crippen LogP contribution in [-0.4, -0.2) is 63.9 Å². The number of aromatic nitrogens is 5. The molecule has 3 aromatic rings. The van der Waals surface area contributed by atoms with E-state index < -0.39 is 5.56 Å². The van der Waals surface area contributed by atoms with Crippen LogP contribution in [0.4, 0.5) is 0 Å². The second-order valence-corrected chi connectivity index (χ2v) is 6.83. The van der Waals surface area contributed by atoms with E-state index in [1.54, 1.807) is 25.3 Å². The van der Waals surface area contributed by atoms with Gasteiger partial charge in [0, 0.05) is 19.2 Å². The Bertz CT molecular complexity index is 1120. The fourth-order valence-electron chi connectivity index (χ4n) is 3.33. The largest absolute Gasteiger partial charge is 0.493 e. The standard InChI is InChI=1S/C19H22N6O5/c1-28-14-6-5-12(8-15(14)29-2)25-18-17(22-23-25)19(27)24(11-21-18)10-16(26)20-9-13-4-3-7-30-13/h5-6,8,11,13H,3-4,7,9-10H2,1-2H3,(H,20,26)/t13-/m0/s1. The molecule has 11 heteroatoms. The highest BCUT2D eigenvalue weighted by Crippen LogP contribution is 2.29. The Kier molecular flexibility index (Phi) is 5.61. The zero-order valence-electron chi connectivity index (χ0n) is 16.7. The molecule has 0 unspecified atom stereocenters. The minimum Gasteiger partial charge on any atom is -0.493 e. The maximum Gasteiger partial charge on any atom is 0.284 e. The molecule has 1 atom stereocenters. The monoisotopic (exact) mass is 414 g/mol. The van der Waals surface area contributed by atoms with Gasteiger partial charge in [0.2, 0.25) is 5.91 Å². The molecule has 0 spiro atoms. The molecule has 1 amide bonds. The molecule has 11 nitrogen and oxygen atoms in total. The highest BCUT2D eigenvalue weighted by molar-refractivity contribution is 5.76. The smallest absolute Gasteiger partial charge is 0.284 e. The number of ether oxygens (including phenoxy) is 3. The molecule has 2 aromatic heterocycles. The quantitative estimate of drug-likeness (QED) is 0.585. The Morgan fingerprint density at radius 3 is 2.87 bits per heavy atom. The molecule has 30 heavy (non-hydrogen) atoms. The first kappa shape index (κ1) is 19.8. The van der Waals surface area contributed by atoms with Crippen LogP contribution >= 0.6 is 0 Å². The summed E-state index contributed by atoms with van der Waals surface area (Å²) in [5, 5.41) is 10.8. The van der Waals surface area contributed by atoms with Gasteiger partial charge in [-0.15, -0.1) is 5.10 Å². The van der Waals surface area contributed by atoms with Crippen molar-refractivity contribution in [1.29, 1.82) is 0 Å². The van der Waals surface area contributed by atoms with Gasteiger partial charge < -0.3 is 19.5 Å². The minimum absolute atomic E-state index is 0.0349. The van der Waals surface area contributed by atoms with Crippen molar-refractivity contribution in [2.75, 3.05) is 27.4 Å². The maximum atomic E-state index is 12.8. The van der Waals surface area contributed by atoms with Gasteiger partial charge in [-0.1, -0.05) is 5.21 Å². The lowest BCUT2D eigenvalue weighted by molar-refractivity contribution is -0.122. The molecule has 158 valence electrons. The van der Waals surface area contributed by atoms with Gasteiger partial charge in [0.1, 0.15) is 12.9 Å². The van der Waals surface area contributed by atoms with Crippen LogP contribution in [-0.2, 0) is 16.1 Å². The number of hydrogen-bond acceptors (Lipinski definition) is 8. The molecule has 4 rings (SSSR count). The first-order valence-corrected chi connectivity index (χ1v) is 9.52. The van der Waals surface area contributed by atoms with Gasteiger partial charge in [-0.05, 0) is 25.0 Å². The molecule has 0 aliphatic carbocycles. The predicted molar refractivity (Wildman–Crippen MR) is 106 cm³/mol. The van der Waals surface area contributed by atoms with Gasteiger partial charge in [0.15, 0.2) is 22.7 Å². The Morgan fingerprint density at radius 1 is 1.30 bits per heavy atom. The summed E-state index contributed by atoms with van der Waals surface area (Å²) >= 11 is 0. The van der Waals surface area contributed by atoms with Crippen molar-refractivity contribution in [3.8, 4) is 17.2 Å². The lowest BCUT2D eigenvalue weighted by atomic mass is 10.2. The summed E-state index contributed by atoms with van der Waals surface area (Å²) in [5.41, 5.74) is 0.510. The average Bonchev–Trinajstić information content (AvgIpc) is 3.44. The van der Waals surface area contributed by atoms with E-state index >= 15 is 0 Å². The molecule has 1 aliphatic heterocycles. The fraction of sp³-hybridized carbons (Fsp3) is 0.421. The highest BCUT2D eigenvalue weighted by atomic mass is 16.5. The molecule has 1 N–H and O–H groups in total. The predicted octanol–water partition coefficient (Wildman–Crippen LogP) is 0.290. The summed E-state index contributed by atoms with van der Waals surface area (Å²) < 4.78 is 18.7. The van der Waals surface area contributed by atoms with Crippen LogP contribution in [0, 0.1) is 0 Å². The van der Waals surface area contributed by atoms with Crippen molar-refractivity contribution >= 4 is 17.1 Å². The van der Waals surface area contributed by atoms with E-state index in [2.05, 4.69) is 20.6 Å². The summed E-state index contributed by atoms with van der Waals surface area (Å²) in [7, 11) is 3.07. The van der Waals surface area contributed by atoms with Gasteiger partial charge >= 0.3 is 0 Å². The van der Waals surface area contributed by atoms with Crippen LogP contribution in [0.25, 0.3) is 16.9 Å². The Morgan fingerprint density at radius 2 is 2.13 bits per heavy atom. The fourth-order valence-corrected chi connectivity index (χ4v) is 3.33. The van der Waals surface area contributed by atoms with Gasteiger partial charge in [-0.2, -0.15) is 4.68 Å². The van der Waals surface area contributed by atoms with Crippen LogP contribution in [0.15, 0.2) is 29.3 Å². The second kappa shape index (κ2) is 8.49. The summed E-state index contributed by atoms with van der Waals surface area (Å²) in [5.74, 6) is 0.783. The normalized spacial score (nSPS) is 16.0. The van der Waals surface area contributed by atoms with E-state index in [4.69, 9.17) is 14.2 Å². The summed E-state index contributed by atoms with van der Waals surface area (Å²) in [6.07, 6.45) is 3.27. The van der Waals surface area contributed by atoms with E-state index in [0.717, 1.165) is 19.4 Å². The van der Waals surface area contributed by atoms with Crippen LogP contribution in [0.3, 0.4) is 0 Å². The molecular weight excluding hydrogens is 392 g/mol.